The smallest absolute Gasteiger partial charge is 0.303 e. The Morgan fingerprint density at radius 2 is 1.57 bits per heavy atom. The molecular formula is C9H14O5. The van der Waals surface area contributed by atoms with Crippen LogP contribution in [0.5, 0.6) is 0 Å². The number of Topliss-reactive ketones (excluding diaryl/α,β-unsaturated/α-hetero) is 1. The van der Waals surface area contributed by atoms with E-state index in [9.17, 15) is 14.4 Å². The molecule has 0 saturated carbocycles. The summed E-state index contributed by atoms with van der Waals surface area (Å²) < 4.78 is 9.24. The molecule has 0 aliphatic carbocycles. The second-order valence-corrected chi connectivity index (χ2v) is 3.31. The van der Waals surface area contributed by atoms with E-state index in [1.54, 1.807) is 0 Å². The van der Waals surface area contributed by atoms with Gasteiger partial charge in [0.1, 0.15) is 0 Å². The predicted octanol–water partition coefficient (Wildman–Crippen LogP) is 0.460. The van der Waals surface area contributed by atoms with Crippen LogP contribution in [-0.2, 0) is 23.9 Å². The lowest BCUT2D eigenvalue weighted by Gasteiger charge is -2.22. The average molecular weight is 202 g/mol. The number of hydrogen-bond acceptors (Lipinski definition) is 5. The van der Waals surface area contributed by atoms with Crippen molar-refractivity contribution in [3.05, 3.63) is 0 Å². The maximum absolute atomic E-state index is 11.4. The van der Waals surface area contributed by atoms with Crippen LogP contribution in [0.1, 0.15) is 27.7 Å². The summed E-state index contributed by atoms with van der Waals surface area (Å²) in [5.41, 5.74) is -1.25. The van der Waals surface area contributed by atoms with Crippen molar-refractivity contribution in [3.63, 3.8) is 0 Å². The molecule has 0 aromatic heterocycles. The van der Waals surface area contributed by atoms with E-state index in [1.165, 1.54) is 27.7 Å². The number of hydrogen-bond donors (Lipinski definition) is 0. The van der Waals surface area contributed by atoms with Gasteiger partial charge >= 0.3 is 11.9 Å². The van der Waals surface area contributed by atoms with Gasteiger partial charge in [0.15, 0.2) is 12.2 Å². The molecule has 0 atom stereocenters. The van der Waals surface area contributed by atoms with Crippen molar-refractivity contribution in [2.45, 2.75) is 33.3 Å². The molecule has 0 rings (SSSR count). The zero-order chi connectivity index (χ0) is 11.4. The lowest BCUT2D eigenvalue weighted by atomic mass is 10.0. The summed E-state index contributed by atoms with van der Waals surface area (Å²) in [6.45, 7) is 4.92. The Hall–Kier alpha value is -1.39. The molecule has 5 nitrogen and oxygen atoms in total. The van der Waals surface area contributed by atoms with E-state index in [1.807, 2.05) is 0 Å². The maximum atomic E-state index is 11.4. The molecule has 0 bridgehead atoms. The third-order valence-corrected chi connectivity index (χ3v) is 1.48. The highest BCUT2D eigenvalue weighted by molar-refractivity contribution is 5.90. The SMILES string of the molecule is CC(=O)OCC(=O)C(C)(C)OC(C)=O. The third-order valence-electron chi connectivity index (χ3n) is 1.48. The molecule has 0 N–H and O–H groups in total. The Morgan fingerprint density at radius 3 is 1.93 bits per heavy atom. The summed E-state index contributed by atoms with van der Waals surface area (Å²) in [5, 5.41) is 0. The molecule has 0 aliphatic heterocycles. The van der Waals surface area contributed by atoms with Crippen molar-refractivity contribution in [1.82, 2.24) is 0 Å². The topological polar surface area (TPSA) is 69.7 Å². The third kappa shape index (κ3) is 4.59. The van der Waals surface area contributed by atoms with Crippen LogP contribution in [0.2, 0.25) is 0 Å². The molecule has 0 unspecified atom stereocenters. The number of carbonyl (C=O) groups excluding carboxylic acids is 3. The fourth-order valence-electron chi connectivity index (χ4n) is 0.757. The second-order valence-electron chi connectivity index (χ2n) is 3.31. The Balaban J connectivity index is 4.21. The highest BCUT2D eigenvalue weighted by Gasteiger charge is 2.31. The average Bonchev–Trinajstić information content (AvgIpc) is 1.97. The van der Waals surface area contributed by atoms with Crippen LogP contribution in [0.3, 0.4) is 0 Å². The zero-order valence-electron chi connectivity index (χ0n) is 8.75. The van der Waals surface area contributed by atoms with Crippen molar-refractivity contribution in [1.29, 1.82) is 0 Å². The normalized spacial score (nSPS) is 10.6. The van der Waals surface area contributed by atoms with Crippen LogP contribution in [0, 0.1) is 0 Å². The van der Waals surface area contributed by atoms with E-state index in [0.29, 0.717) is 0 Å². The van der Waals surface area contributed by atoms with E-state index in [4.69, 9.17) is 4.74 Å². The van der Waals surface area contributed by atoms with E-state index >= 15 is 0 Å². The van der Waals surface area contributed by atoms with Crippen molar-refractivity contribution in [2.24, 2.45) is 0 Å². The standard InChI is InChI=1S/C9H14O5/c1-6(10)13-5-8(12)9(3,4)14-7(2)11/h5H2,1-4H3. The lowest BCUT2D eigenvalue weighted by molar-refractivity contribution is -0.165. The van der Waals surface area contributed by atoms with Gasteiger partial charge in [-0.15, -0.1) is 0 Å². The molecule has 0 heterocycles. The van der Waals surface area contributed by atoms with Gasteiger partial charge in [-0.1, -0.05) is 0 Å². The minimum Gasteiger partial charge on any atom is -0.458 e. The van der Waals surface area contributed by atoms with E-state index in [2.05, 4.69) is 4.74 Å². The summed E-state index contributed by atoms with van der Waals surface area (Å²) in [6, 6.07) is 0. The molecule has 5 heteroatoms. The van der Waals surface area contributed by atoms with Gasteiger partial charge < -0.3 is 9.47 Å². The molecule has 0 saturated heterocycles. The molecule has 0 amide bonds. The Kier molecular flexibility index (Phi) is 4.27. The highest BCUT2D eigenvalue weighted by Crippen LogP contribution is 2.11. The van der Waals surface area contributed by atoms with Gasteiger partial charge in [-0.05, 0) is 13.8 Å². The van der Waals surface area contributed by atoms with E-state index in [0.717, 1.165) is 0 Å². The summed E-state index contributed by atoms with van der Waals surface area (Å²) >= 11 is 0. The molecule has 0 radical (unpaired) electrons. The van der Waals surface area contributed by atoms with Gasteiger partial charge in [0.2, 0.25) is 5.78 Å². The summed E-state index contributed by atoms with van der Waals surface area (Å²) in [4.78, 5) is 32.4. The molecule has 80 valence electrons. The largest absolute Gasteiger partial charge is 0.458 e. The molecule has 0 aliphatic rings. The quantitative estimate of drug-likeness (QED) is 0.619. The minimum atomic E-state index is -1.25. The molecule has 0 aromatic rings. The van der Waals surface area contributed by atoms with E-state index < -0.39 is 23.3 Å². The Bertz CT molecular complexity index is 254. The highest BCUT2D eigenvalue weighted by atomic mass is 16.6. The van der Waals surface area contributed by atoms with Gasteiger partial charge in [0.05, 0.1) is 0 Å². The monoisotopic (exact) mass is 202 g/mol. The van der Waals surface area contributed by atoms with Crippen LogP contribution in [0.15, 0.2) is 0 Å². The fraction of sp³-hybridized carbons (Fsp3) is 0.667. The summed E-state index contributed by atoms with van der Waals surface area (Å²) in [7, 11) is 0. The summed E-state index contributed by atoms with van der Waals surface area (Å²) in [5.74, 6) is -1.55. The van der Waals surface area contributed by atoms with Gasteiger partial charge in [0, 0.05) is 13.8 Å². The Morgan fingerprint density at radius 1 is 1.07 bits per heavy atom. The number of carbonyl (C=O) groups is 3. The van der Waals surface area contributed by atoms with Crippen LogP contribution in [-0.4, -0.2) is 29.9 Å². The summed E-state index contributed by atoms with van der Waals surface area (Å²) in [6.07, 6.45) is 0. The van der Waals surface area contributed by atoms with Crippen molar-refractivity contribution < 1.29 is 23.9 Å². The maximum Gasteiger partial charge on any atom is 0.303 e. The number of ketones is 1. The first-order chi connectivity index (χ1) is 6.25. The van der Waals surface area contributed by atoms with Gasteiger partial charge in [0.25, 0.3) is 0 Å². The number of rotatable bonds is 4. The van der Waals surface area contributed by atoms with Crippen LogP contribution < -0.4 is 0 Å². The fourth-order valence-corrected chi connectivity index (χ4v) is 0.757. The molecule has 0 aromatic carbocycles. The van der Waals surface area contributed by atoms with Crippen LogP contribution in [0.25, 0.3) is 0 Å². The number of esters is 2. The van der Waals surface area contributed by atoms with Crippen LogP contribution in [0.4, 0.5) is 0 Å². The van der Waals surface area contributed by atoms with E-state index in [-0.39, 0.29) is 6.61 Å². The van der Waals surface area contributed by atoms with Gasteiger partial charge in [-0.2, -0.15) is 0 Å². The van der Waals surface area contributed by atoms with Crippen molar-refractivity contribution in [3.8, 4) is 0 Å². The first-order valence-corrected chi connectivity index (χ1v) is 4.12. The predicted molar refractivity (Wildman–Crippen MR) is 47.5 cm³/mol. The Labute approximate surface area is 82.4 Å². The van der Waals surface area contributed by atoms with Crippen molar-refractivity contribution in [2.75, 3.05) is 6.61 Å². The van der Waals surface area contributed by atoms with Crippen molar-refractivity contribution >= 4 is 17.7 Å². The molecule has 0 fully saturated rings. The molecule has 14 heavy (non-hydrogen) atoms. The minimum absolute atomic E-state index is 0.379. The van der Waals surface area contributed by atoms with Gasteiger partial charge in [-0.3, -0.25) is 14.4 Å². The molecule has 0 spiro atoms. The van der Waals surface area contributed by atoms with Crippen LogP contribution >= 0.6 is 0 Å². The first-order valence-electron chi connectivity index (χ1n) is 4.12. The lowest BCUT2D eigenvalue weighted by Crippen LogP contribution is -2.39. The number of ether oxygens (including phenoxy) is 2. The van der Waals surface area contributed by atoms with Gasteiger partial charge in [-0.25, -0.2) is 0 Å². The second kappa shape index (κ2) is 4.74. The molecular weight excluding hydrogens is 188 g/mol. The zero-order valence-corrected chi connectivity index (χ0v) is 8.75. The first kappa shape index (κ1) is 12.6.